The van der Waals surface area contributed by atoms with E-state index >= 15 is 0 Å². The molecule has 0 radical (unpaired) electrons. The van der Waals surface area contributed by atoms with Crippen LogP contribution in [-0.4, -0.2) is 52.6 Å². The number of rotatable bonds is 4. The Morgan fingerprint density at radius 2 is 1.78 bits per heavy atom. The molecule has 4 aliphatic rings. The average Bonchev–Trinajstić information content (AvgIpc) is 3.59. The Morgan fingerprint density at radius 1 is 1.11 bits per heavy atom. The first-order chi connectivity index (χ1) is 13.1. The van der Waals surface area contributed by atoms with E-state index in [9.17, 15) is 9.59 Å². The lowest BCUT2D eigenvalue weighted by Crippen LogP contribution is -2.45. The van der Waals surface area contributed by atoms with E-state index in [0.29, 0.717) is 17.7 Å². The summed E-state index contributed by atoms with van der Waals surface area (Å²) >= 11 is 0. The lowest BCUT2D eigenvalue weighted by Gasteiger charge is -2.34. The second kappa shape index (κ2) is 6.18. The number of amides is 2. The summed E-state index contributed by atoms with van der Waals surface area (Å²) in [6.45, 7) is 4.48. The predicted octanol–water partition coefficient (Wildman–Crippen LogP) is 2.77. The van der Waals surface area contributed by atoms with Gasteiger partial charge in [0.2, 0.25) is 5.91 Å². The second-order valence-corrected chi connectivity index (χ2v) is 8.79. The number of piperidine rings is 1. The number of hydrogen-bond acceptors (Lipinski definition) is 3. The first kappa shape index (κ1) is 17.0. The van der Waals surface area contributed by atoms with Gasteiger partial charge in [0.15, 0.2) is 0 Å². The van der Waals surface area contributed by atoms with Crippen LogP contribution in [0.15, 0.2) is 29.3 Å². The molecule has 2 aliphatic heterocycles. The van der Waals surface area contributed by atoms with Crippen molar-refractivity contribution in [1.29, 1.82) is 0 Å². The highest BCUT2D eigenvalue weighted by atomic mass is 16.2. The quantitative estimate of drug-likeness (QED) is 0.824. The maximum Gasteiger partial charge on any atom is 0.256 e. The Kier molecular flexibility index (Phi) is 3.88. The minimum absolute atomic E-state index is 0.189. The van der Waals surface area contributed by atoms with Crippen molar-refractivity contribution in [3.05, 3.63) is 35.4 Å². The number of nitrogens with zero attached hydrogens (tertiary/aromatic N) is 3. The highest BCUT2D eigenvalue weighted by molar-refractivity contribution is 6.16. The number of aryl methyl sites for hydroxylation is 1. The van der Waals surface area contributed by atoms with Gasteiger partial charge in [-0.2, -0.15) is 0 Å². The molecule has 5 nitrogen and oxygen atoms in total. The van der Waals surface area contributed by atoms with Crippen molar-refractivity contribution in [2.45, 2.75) is 51.0 Å². The van der Waals surface area contributed by atoms with Crippen LogP contribution in [0.2, 0.25) is 0 Å². The monoisotopic (exact) mass is 365 g/mol. The predicted molar refractivity (Wildman–Crippen MR) is 103 cm³/mol. The Bertz CT molecular complexity index is 797. The second-order valence-electron chi connectivity index (χ2n) is 8.79. The number of aliphatic imine (C=N–C) groups is 1. The van der Waals surface area contributed by atoms with Gasteiger partial charge in [-0.15, -0.1) is 0 Å². The van der Waals surface area contributed by atoms with Crippen LogP contribution in [0.5, 0.6) is 0 Å². The standard InChI is InChI=1S/C22H27N3O2/c1-15-2-4-17(5-3-15)19-23-22(10-11-22)21(27)25(19)14-16-8-12-24(13-9-16)20(26)18-6-7-18/h2-5,16,18H,6-14H2,1H3. The zero-order valence-electron chi connectivity index (χ0n) is 16.0. The van der Waals surface area contributed by atoms with Crippen LogP contribution in [-0.2, 0) is 9.59 Å². The van der Waals surface area contributed by atoms with Gasteiger partial charge in [0.05, 0.1) is 0 Å². The summed E-state index contributed by atoms with van der Waals surface area (Å²) in [5, 5.41) is 0. The molecule has 1 saturated heterocycles. The van der Waals surface area contributed by atoms with Crippen molar-refractivity contribution < 1.29 is 9.59 Å². The van der Waals surface area contributed by atoms with Crippen molar-refractivity contribution in [3.63, 3.8) is 0 Å². The van der Waals surface area contributed by atoms with Crippen LogP contribution in [0.1, 0.15) is 49.7 Å². The molecule has 2 amide bonds. The molecule has 0 N–H and O–H groups in total. The molecule has 0 bridgehead atoms. The summed E-state index contributed by atoms with van der Waals surface area (Å²) in [5.41, 5.74) is 1.80. The van der Waals surface area contributed by atoms with Crippen molar-refractivity contribution in [2.75, 3.05) is 19.6 Å². The van der Waals surface area contributed by atoms with Gasteiger partial charge in [0.1, 0.15) is 11.4 Å². The fourth-order valence-electron chi connectivity index (χ4n) is 4.38. The number of likely N-dealkylation sites (tertiary alicyclic amines) is 1. The topological polar surface area (TPSA) is 53.0 Å². The van der Waals surface area contributed by atoms with Crippen molar-refractivity contribution in [3.8, 4) is 0 Å². The summed E-state index contributed by atoms with van der Waals surface area (Å²) in [7, 11) is 0. The molecule has 0 unspecified atom stereocenters. The Hall–Kier alpha value is -2.17. The Balaban J connectivity index is 1.29. The maximum absolute atomic E-state index is 13.0. The number of carbonyl (C=O) groups is 2. The molecular weight excluding hydrogens is 338 g/mol. The molecule has 2 aliphatic carbocycles. The van der Waals surface area contributed by atoms with Crippen LogP contribution in [0.25, 0.3) is 0 Å². The third-order valence-corrected chi connectivity index (χ3v) is 6.55. The lowest BCUT2D eigenvalue weighted by atomic mass is 9.95. The van der Waals surface area contributed by atoms with Crippen molar-refractivity contribution in [1.82, 2.24) is 9.80 Å². The number of benzene rings is 1. The zero-order valence-corrected chi connectivity index (χ0v) is 16.0. The zero-order chi connectivity index (χ0) is 18.6. The Morgan fingerprint density at radius 3 is 2.37 bits per heavy atom. The van der Waals surface area contributed by atoms with E-state index in [4.69, 9.17) is 4.99 Å². The molecule has 2 saturated carbocycles. The minimum Gasteiger partial charge on any atom is -0.342 e. The lowest BCUT2D eigenvalue weighted by molar-refractivity contribution is -0.134. The van der Waals surface area contributed by atoms with E-state index in [0.717, 1.165) is 69.6 Å². The molecular formula is C22H27N3O2. The first-order valence-corrected chi connectivity index (χ1v) is 10.3. The van der Waals surface area contributed by atoms with Gasteiger partial charge >= 0.3 is 0 Å². The SMILES string of the molecule is Cc1ccc(C2=NC3(CC3)C(=O)N2CC2CCN(C(=O)C3CC3)CC2)cc1. The van der Waals surface area contributed by atoms with Gasteiger partial charge in [-0.05, 0) is 51.4 Å². The van der Waals surface area contributed by atoms with Gasteiger partial charge < -0.3 is 4.90 Å². The molecule has 27 heavy (non-hydrogen) atoms. The smallest absolute Gasteiger partial charge is 0.256 e. The fraction of sp³-hybridized carbons (Fsp3) is 0.591. The van der Waals surface area contributed by atoms with Crippen molar-refractivity contribution in [2.24, 2.45) is 16.8 Å². The van der Waals surface area contributed by atoms with Gasteiger partial charge in [-0.1, -0.05) is 29.8 Å². The molecule has 0 aromatic heterocycles. The average molecular weight is 365 g/mol. The molecule has 2 heterocycles. The normalized spacial score (nSPS) is 24.5. The van der Waals surface area contributed by atoms with Crippen LogP contribution in [0.4, 0.5) is 0 Å². The minimum atomic E-state index is -0.455. The van der Waals surface area contributed by atoms with Crippen molar-refractivity contribution >= 4 is 17.6 Å². The summed E-state index contributed by atoms with van der Waals surface area (Å²) in [5.74, 6) is 2.14. The van der Waals surface area contributed by atoms with Gasteiger partial charge in [0, 0.05) is 31.1 Å². The third-order valence-electron chi connectivity index (χ3n) is 6.55. The summed E-state index contributed by atoms with van der Waals surface area (Å²) < 4.78 is 0. The first-order valence-electron chi connectivity index (χ1n) is 10.3. The van der Waals surface area contributed by atoms with Crippen LogP contribution >= 0.6 is 0 Å². The van der Waals surface area contributed by atoms with E-state index in [2.05, 4.69) is 31.2 Å². The van der Waals surface area contributed by atoms with Gasteiger partial charge in [-0.3, -0.25) is 19.5 Å². The van der Waals surface area contributed by atoms with E-state index in [1.54, 1.807) is 0 Å². The fourth-order valence-corrected chi connectivity index (χ4v) is 4.38. The Labute approximate surface area is 160 Å². The summed E-state index contributed by atoms with van der Waals surface area (Å²) in [6, 6.07) is 8.32. The maximum atomic E-state index is 13.0. The molecule has 3 fully saturated rings. The highest BCUT2D eigenvalue weighted by Crippen LogP contribution is 2.46. The summed E-state index contributed by atoms with van der Waals surface area (Å²) in [6.07, 6.45) is 5.86. The van der Waals surface area contributed by atoms with Crippen LogP contribution in [0.3, 0.4) is 0 Å². The molecule has 1 aromatic carbocycles. The molecule has 5 heteroatoms. The van der Waals surface area contributed by atoms with E-state index in [1.165, 1.54) is 5.56 Å². The molecule has 5 rings (SSSR count). The number of hydrogen-bond donors (Lipinski definition) is 0. The largest absolute Gasteiger partial charge is 0.342 e. The molecule has 0 atom stereocenters. The van der Waals surface area contributed by atoms with E-state index < -0.39 is 5.54 Å². The molecule has 1 aromatic rings. The van der Waals surface area contributed by atoms with E-state index in [-0.39, 0.29) is 5.91 Å². The highest BCUT2D eigenvalue weighted by Gasteiger charge is 2.57. The summed E-state index contributed by atoms with van der Waals surface area (Å²) in [4.78, 5) is 34.1. The molecule has 1 spiro atoms. The third kappa shape index (κ3) is 3.07. The number of carbonyl (C=O) groups excluding carboxylic acids is 2. The molecule has 142 valence electrons. The van der Waals surface area contributed by atoms with E-state index in [1.807, 2.05) is 9.80 Å². The van der Waals surface area contributed by atoms with Crippen LogP contribution < -0.4 is 0 Å². The van der Waals surface area contributed by atoms with Crippen LogP contribution in [0, 0.1) is 18.8 Å². The van der Waals surface area contributed by atoms with Gasteiger partial charge in [0.25, 0.3) is 5.91 Å². The number of amidine groups is 1. The van der Waals surface area contributed by atoms with Gasteiger partial charge in [-0.25, -0.2) is 0 Å².